The minimum Gasteiger partial charge on any atom is -0.298 e. The van der Waals surface area contributed by atoms with Crippen LogP contribution in [0.15, 0.2) is 24.4 Å². The fourth-order valence-electron chi connectivity index (χ4n) is 2.65. The Bertz CT molecular complexity index is 854. The topological polar surface area (TPSA) is 79.4 Å². The summed E-state index contributed by atoms with van der Waals surface area (Å²) in [6.45, 7) is 1.90. The highest BCUT2D eigenvalue weighted by molar-refractivity contribution is 7.15. The Morgan fingerprint density at radius 3 is 2.65 bits per heavy atom. The molecule has 6 nitrogen and oxygen atoms in total. The van der Waals surface area contributed by atoms with E-state index >= 15 is 0 Å². The lowest BCUT2D eigenvalue weighted by Gasteiger charge is -2.11. The standard InChI is InChI=1S/C16H13N3O3S/c1-8-7-17-16(23-8)18-13(20)9-2-5-11-12(6-9)15(22)19(14(11)21)10-3-4-10/h2,5-7,10H,3-4H2,1H3,(H,17,18,20). The first kappa shape index (κ1) is 14.1. The third kappa shape index (κ3) is 2.33. The molecule has 0 unspecified atom stereocenters. The number of carbonyl (C=O) groups excluding carboxylic acids is 3. The van der Waals surface area contributed by atoms with E-state index < -0.39 is 0 Å². The highest BCUT2D eigenvalue weighted by atomic mass is 32.1. The van der Waals surface area contributed by atoms with Crippen LogP contribution in [0, 0.1) is 6.92 Å². The molecule has 116 valence electrons. The molecule has 1 aromatic heterocycles. The van der Waals surface area contributed by atoms with Gasteiger partial charge in [-0.1, -0.05) is 0 Å². The van der Waals surface area contributed by atoms with Crippen LogP contribution in [0.5, 0.6) is 0 Å². The Morgan fingerprint density at radius 1 is 1.26 bits per heavy atom. The zero-order valence-electron chi connectivity index (χ0n) is 12.3. The molecule has 0 bridgehead atoms. The van der Waals surface area contributed by atoms with Gasteiger partial charge in [0, 0.05) is 22.7 Å². The van der Waals surface area contributed by atoms with Crippen molar-refractivity contribution in [3.8, 4) is 0 Å². The number of nitrogens with zero attached hydrogens (tertiary/aromatic N) is 2. The number of aryl methyl sites for hydroxylation is 1. The van der Waals surface area contributed by atoms with Gasteiger partial charge in [0.15, 0.2) is 5.13 Å². The molecule has 7 heteroatoms. The monoisotopic (exact) mass is 327 g/mol. The lowest BCUT2D eigenvalue weighted by molar-refractivity contribution is 0.0642. The first-order valence-electron chi connectivity index (χ1n) is 7.30. The molecule has 0 atom stereocenters. The third-order valence-electron chi connectivity index (χ3n) is 3.93. The van der Waals surface area contributed by atoms with Gasteiger partial charge in [-0.25, -0.2) is 4.98 Å². The Hall–Kier alpha value is -2.54. The molecule has 1 aromatic carbocycles. The van der Waals surface area contributed by atoms with Gasteiger partial charge in [-0.2, -0.15) is 0 Å². The summed E-state index contributed by atoms with van der Waals surface area (Å²) < 4.78 is 0. The molecule has 0 spiro atoms. The number of imide groups is 1. The molecule has 4 rings (SSSR count). The lowest BCUT2D eigenvalue weighted by Crippen LogP contribution is -2.31. The molecule has 0 radical (unpaired) electrons. The molecule has 1 N–H and O–H groups in total. The normalized spacial score (nSPS) is 16.7. The number of rotatable bonds is 3. The number of thiazole rings is 1. The van der Waals surface area contributed by atoms with Crippen molar-refractivity contribution in [2.45, 2.75) is 25.8 Å². The predicted octanol–water partition coefficient (Wildman–Crippen LogP) is 2.46. The first-order valence-corrected chi connectivity index (χ1v) is 8.12. The van der Waals surface area contributed by atoms with E-state index in [0.29, 0.717) is 21.8 Å². The number of amides is 3. The van der Waals surface area contributed by atoms with Crippen molar-refractivity contribution in [2.24, 2.45) is 0 Å². The maximum absolute atomic E-state index is 12.4. The second-order valence-corrected chi connectivity index (χ2v) is 6.94. The molecule has 2 heterocycles. The summed E-state index contributed by atoms with van der Waals surface area (Å²) in [7, 11) is 0. The maximum Gasteiger partial charge on any atom is 0.261 e. The van der Waals surface area contributed by atoms with E-state index in [-0.39, 0.29) is 23.8 Å². The van der Waals surface area contributed by atoms with Gasteiger partial charge in [-0.15, -0.1) is 11.3 Å². The summed E-state index contributed by atoms with van der Waals surface area (Å²) in [5.74, 6) is -0.894. The molecule has 1 aliphatic carbocycles. The van der Waals surface area contributed by atoms with Crippen molar-refractivity contribution in [1.82, 2.24) is 9.88 Å². The maximum atomic E-state index is 12.4. The lowest BCUT2D eigenvalue weighted by atomic mass is 10.1. The SMILES string of the molecule is Cc1cnc(NC(=O)c2ccc3c(c2)C(=O)N(C2CC2)C3=O)s1. The second-order valence-electron chi connectivity index (χ2n) is 5.70. The molecular formula is C16H13N3O3S. The summed E-state index contributed by atoms with van der Waals surface area (Å²) >= 11 is 1.38. The molecule has 0 saturated heterocycles. The van der Waals surface area contributed by atoms with Crippen LogP contribution in [0.25, 0.3) is 0 Å². The summed E-state index contributed by atoms with van der Waals surface area (Å²) in [6.07, 6.45) is 3.41. The average Bonchev–Trinajstić information content (AvgIpc) is 3.23. The van der Waals surface area contributed by atoms with Gasteiger partial charge in [0.2, 0.25) is 0 Å². The Labute approximate surface area is 136 Å². The number of nitrogens with one attached hydrogen (secondary N) is 1. The molecule has 1 saturated carbocycles. The van der Waals surface area contributed by atoms with Crippen molar-refractivity contribution in [1.29, 1.82) is 0 Å². The summed E-state index contributed by atoms with van der Waals surface area (Å²) in [5.41, 5.74) is 1.03. The number of fused-ring (bicyclic) bond motifs is 1. The summed E-state index contributed by atoms with van der Waals surface area (Å²) in [5, 5.41) is 3.21. The first-order chi connectivity index (χ1) is 11.0. The summed E-state index contributed by atoms with van der Waals surface area (Å²) in [6, 6.07) is 4.64. The molecule has 2 aromatic rings. The minimum absolute atomic E-state index is 0.0259. The van der Waals surface area contributed by atoms with Gasteiger partial charge in [-0.3, -0.25) is 24.6 Å². The Morgan fingerprint density at radius 2 is 2.00 bits per heavy atom. The Balaban J connectivity index is 1.62. The highest BCUT2D eigenvalue weighted by Gasteiger charge is 2.44. The minimum atomic E-state index is -0.340. The van der Waals surface area contributed by atoms with Gasteiger partial charge < -0.3 is 0 Å². The van der Waals surface area contributed by atoms with E-state index in [0.717, 1.165) is 17.7 Å². The van der Waals surface area contributed by atoms with Crippen LogP contribution in [-0.2, 0) is 0 Å². The van der Waals surface area contributed by atoms with Crippen molar-refractivity contribution < 1.29 is 14.4 Å². The fourth-order valence-corrected chi connectivity index (χ4v) is 3.31. The largest absolute Gasteiger partial charge is 0.298 e. The van der Waals surface area contributed by atoms with Gasteiger partial charge in [-0.05, 0) is 38.0 Å². The Kier molecular flexibility index (Phi) is 3.05. The summed E-state index contributed by atoms with van der Waals surface area (Å²) in [4.78, 5) is 43.3. The number of benzene rings is 1. The van der Waals surface area contributed by atoms with E-state index in [1.54, 1.807) is 18.3 Å². The van der Waals surface area contributed by atoms with E-state index in [1.165, 1.54) is 22.3 Å². The quantitative estimate of drug-likeness (QED) is 0.878. The van der Waals surface area contributed by atoms with Crippen LogP contribution < -0.4 is 5.32 Å². The van der Waals surface area contributed by atoms with Crippen LogP contribution in [0.1, 0.15) is 48.8 Å². The molecule has 1 aliphatic heterocycles. The van der Waals surface area contributed by atoms with Crippen molar-refractivity contribution in [3.63, 3.8) is 0 Å². The zero-order valence-corrected chi connectivity index (χ0v) is 13.1. The molecule has 23 heavy (non-hydrogen) atoms. The highest BCUT2D eigenvalue weighted by Crippen LogP contribution is 2.35. The molecule has 3 amide bonds. The predicted molar refractivity (Wildman–Crippen MR) is 84.8 cm³/mol. The third-order valence-corrected chi connectivity index (χ3v) is 4.76. The van der Waals surface area contributed by atoms with Gasteiger partial charge in [0.25, 0.3) is 17.7 Å². The average molecular weight is 327 g/mol. The van der Waals surface area contributed by atoms with Crippen molar-refractivity contribution in [3.05, 3.63) is 46.0 Å². The van der Waals surface area contributed by atoms with Crippen molar-refractivity contribution in [2.75, 3.05) is 5.32 Å². The van der Waals surface area contributed by atoms with Crippen LogP contribution in [0.4, 0.5) is 5.13 Å². The van der Waals surface area contributed by atoms with Crippen molar-refractivity contribution >= 4 is 34.2 Å². The number of hydrogen-bond donors (Lipinski definition) is 1. The van der Waals surface area contributed by atoms with Gasteiger partial charge >= 0.3 is 0 Å². The van der Waals surface area contributed by atoms with E-state index in [2.05, 4.69) is 10.3 Å². The molecular weight excluding hydrogens is 314 g/mol. The van der Waals surface area contributed by atoms with E-state index in [1.807, 2.05) is 6.92 Å². The number of carbonyl (C=O) groups is 3. The zero-order chi connectivity index (χ0) is 16.1. The van der Waals surface area contributed by atoms with Crippen LogP contribution in [0.2, 0.25) is 0 Å². The fraction of sp³-hybridized carbons (Fsp3) is 0.250. The van der Waals surface area contributed by atoms with E-state index in [9.17, 15) is 14.4 Å². The van der Waals surface area contributed by atoms with Gasteiger partial charge in [0.1, 0.15) is 0 Å². The van der Waals surface area contributed by atoms with Gasteiger partial charge in [0.05, 0.1) is 11.1 Å². The van der Waals surface area contributed by atoms with Crippen LogP contribution >= 0.6 is 11.3 Å². The number of anilines is 1. The molecule has 2 aliphatic rings. The number of aromatic nitrogens is 1. The molecule has 1 fully saturated rings. The van der Waals surface area contributed by atoms with Crippen LogP contribution in [0.3, 0.4) is 0 Å². The second kappa shape index (κ2) is 4.99. The smallest absolute Gasteiger partial charge is 0.261 e. The number of hydrogen-bond acceptors (Lipinski definition) is 5. The van der Waals surface area contributed by atoms with E-state index in [4.69, 9.17) is 0 Å². The van der Waals surface area contributed by atoms with Crippen LogP contribution in [-0.4, -0.2) is 33.6 Å².